The second-order valence-electron chi connectivity index (χ2n) is 3.34. The van der Waals surface area contributed by atoms with Gasteiger partial charge in [-0.15, -0.1) is 0 Å². The minimum absolute atomic E-state index is 0.0320. The van der Waals surface area contributed by atoms with E-state index in [-0.39, 0.29) is 17.3 Å². The summed E-state index contributed by atoms with van der Waals surface area (Å²) in [6.07, 6.45) is 1.13. The van der Waals surface area contributed by atoms with Crippen LogP contribution in [-0.4, -0.2) is 18.6 Å². The van der Waals surface area contributed by atoms with Crippen LogP contribution >= 0.6 is 0 Å². The molecule has 1 aromatic carbocycles. The Morgan fingerprint density at radius 2 is 2.00 bits per heavy atom. The molecule has 0 unspecified atom stereocenters. The second-order valence-corrected chi connectivity index (χ2v) is 5.11. The van der Waals surface area contributed by atoms with E-state index in [4.69, 9.17) is 5.84 Å². The molecule has 96 valence electrons. The fraction of sp³-hybridized carbons (Fsp3) is 0.111. The maximum Gasteiger partial charge on any atom is 0.240 e. The number of nitrogens with one attached hydrogen (secondary N) is 2. The molecular weight excluding hydrogens is 258 g/mol. The van der Waals surface area contributed by atoms with Gasteiger partial charge in [0.25, 0.3) is 0 Å². The van der Waals surface area contributed by atoms with Crippen LogP contribution in [0.5, 0.6) is 0 Å². The Bertz CT molecular complexity index is 594. The first kappa shape index (κ1) is 12.5. The summed E-state index contributed by atoms with van der Waals surface area (Å²) in [4.78, 5) is 3.84. The lowest BCUT2D eigenvalue weighted by Gasteiger charge is -2.05. The molecule has 0 aliphatic carbocycles. The Hall–Kier alpha value is -1.97. The van der Waals surface area contributed by atoms with Crippen LogP contribution in [0.1, 0.15) is 5.82 Å². The maximum atomic E-state index is 11.9. The molecule has 18 heavy (non-hydrogen) atoms. The van der Waals surface area contributed by atoms with Gasteiger partial charge in [0.2, 0.25) is 16.4 Å². The molecule has 0 atom stereocenters. The van der Waals surface area contributed by atoms with E-state index in [1.807, 2.05) is 0 Å². The fourth-order valence-electron chi connectivity index (χ4n) is 1.24. The molecule has 9 heteroatoms. The minimum Gasteiger partial charge on any atom is -0.343 e. The largest absolute Gasteiger partial charge is 0.343 e. The van der Waals surface area contributed by atoms with E-state index in [9.17, 15) is 8.42 Å². The molecule has 0 aliphatic heterocycles. The second kappa shape index (κ2) is 5.12. The van der Waals surface area contributed by atoms with Crippen LogP contribution in [0.3, 0.4) is 0 Å². The predicted molar refractivity (Wildman–Crippen MR) is 62.6 cm³/mol. The lowest BCUT2D eigenvalue weighted by atomic mass is 10.3. The van der Waals surface area contributed by atoms with Gasteiger partial charge in [0.05, 0.1) is 11.4 Å². The predicted octanol–water partition coefficient (Wildman–Crippen LogP) is -0.166. The zero-order valence-corrected chi connectivity index (χ0v) is 10.0. The Balaban J connectivity index is 2.09. The molecule has 8 nitrogen and oxygen atoms in total. The summed E-state index contributed by atoms with van der Waals surface area (Å²) in [5.41, 5.74) is 3.03. The maximum absolute atomic E-state index is 11.9. The first-order valence-electron chi connectivity index (χ1n) is 4.93. The number of anilines is 1. The summed E-state index contributed by atoms with van der Waals surface area (Å²) >= 11 is 0. The third kappa shape index (κ3) is 2.83. The smallest absolute Gasteiger partial charge is 0.240 e. The van der Waals surface area contributed by atoms with Gasteiger partial charge >= 0.3 is 0 Å². The Morgan fingerprint density at radius 1 is 1.28 bits per heavy atom. The van der Waals surface area contributed by atoms with Gasteiger partial charge in [-0.05, 0) is 24.3 Å². The highest BCUT2D eigenvalue weighted by molar-refractivity contribution is 7.89. The summed E-state index contributed by atoms with van der Waals surface area (Å²) in [7, 11) is -3.60. The van der Waals surface area contributed by atoms with Crippen LogP contribution in [0, 0.1) is 0 Å². The molecule has 2 rings (SSSR count). The quantitative estimate of drug-likeness (QED) is 0.508. The molecule has 0 aliphatic rings. The van der Waals surface area contributed by atoms with Gasteiger partial charge < -0.3 is 9.95 Å². The standard InChI is InChI=1S/C9H11N5O3S/c10-13-7-1-3-8(4-2-7)18(15,16)12-5-9-11-6-17-14-9/h1-4,6,12-13H,5,10H2. The highest BCUT2D eigenvalue weighted by Gasteiger charge is 2.14. The summed E-state index contributed by atoms with van der Waals surface area (Å²) in [6, 6.07) is 5.99. The summed E-state index contributed by atoms with van der Waals surface area (Å²) in [5.74, 6) is 5.45. The van der Waals surface area contributed by atoms with Gasteiger partial charge in [-0.3, -0.25) is 5.84 Å². The van der Waals surface area contributed by atoms with Gasteiger partial charge in [0.1, 0.15) is 0 Å². The van der Waals surface area contributed by atoms with E-state index in [2.05, 4.69) is 24.8 Å². The van der Waals surface area contributed by atoms with Gasteiger partial charge in [-0.1, -0.05) is 5.16 Å². The van der Waals surface area contributed by atoms with Crippen molar-refractivity contribution in [2.24, 2.45) is 5.84 Å². The number of nitrogens with zero attached hydrogens (tertiary/aromatic N) is 2. The van der Waals surface area contributed by atoms with Crippen molar-refractivity contribution in [3.05, 3.63) is 36.5 Å². The first-order valence-corrected chi connectivity index (χ1v) is 6.42. The van der Waals surface area contributed by atoms with Crippen LogP contribution in [0.15, 0.2) is 40.1 Å². The molecule has 0 spiro atoms. The van der Waals surface area contributed by atoms with Crippen molar-refractivity contribution in [2.75, 3.05) is 5.43 Å². The normalized spacial score (nSPS) is 11.4. The number of benzene rings is 1. The van der Waals surface area contributed by atoms with Crippen LogP contribution in [0.25, 0.3) is 0 Å². The van der Waals surface area contributed by atoms with Crippen LogP contribution in [0.2, 0.25) is 0 Å². The molecule has 1 aromatic heterocycles. The third-order valence-electron chi connectivity index (χ3n) is 2.16. The van der Waals surface area contributed by atoms with Crippen molar-refractivity contribution in [3.63, 3.8) is 0 Å². The molecule has 0 fully saturated rings. The molecule has 1 heterocycles. The molecule has 0 saturated heterocycles. The lowest BCUT2D eigenvalue weighted by molar-refractivity contribution is 0.409. The number of nitrogen functional groups attached to an aromatic ring is 1. The van der Waals surface area contributed by atoms with Crippen LogP contribution in [-0.2, 0) is 16.6 Å². The van der Waals surface area contributed by atoms with Crippen molar-refractivity contribution in [3.8, 4) is 0 Å². The Morgan fingerprint density at radius 3 is 2.56 bits per heavy atom. The molecule has 0 bridgehead atoms. The minimum atomic E-state index is -3.60. The number of sulfonamides is 1. The Kier molecular flexibility index (Phi) is 3.55. The van der Waals surface area contributed by atoms with Crippen molar-refractivity contribution in [1.82, 2.24) is 14.9 Å². The number of rotatable bonds is 5. The van der Waals surface area contributed by atoms with Crippen molar-refractivity contribution < 1.29 is 12.9 Å². The molecule has 0 amide bonds. The van der Waals surface area contributed by atoms with E-state index >= 15 is 0 Å². The number of aromatic nitrogens is 2. The van der Waals surface area contributed by atoms with Gasteiger partial charge in [0.15, 0.2) is 5.82 Å². The summed E-state index contributed by atoms with van der Waals surface area (Å²) in [6.45, 7) is -0.0320. The van der Waals surface area contributed by atoms with E-state index in [1.54, 1.807) is 12.1 Å². The zero-order chi connectivity index (χ0) is 13.0. The fourth-order valence-corrected chi connectivity index (χ4v) is 2.22. The van der Waals surface area contributed by atoms with Crippen molar-refractivity contribution in [1.29, 1.82) is 0 Å². The topological polar surface area (TPSA) is 123 Å². The molecule has 2 aromatic rings. The lowest BCUT2D eigenvalue weighted by Crippen LogP contribution is -2.23. The monoisotopic (exact) mass is 269 g/mol. The number of hydrazine groups is 1. The highest BCUT2D eigenvalue weighted by Crippen LogP contribution is 2.13. The Labute approximate surface area is 103 Å². The molecule has 4 N–H and O–H groups in total. The van der Waals surface area contributed by atoms with Crippen LogP contribution in [0.4, 0.5) is 5.69 Å². The summed E-state index contributed by atoms with van der Waals surface area (Å²) < 4.78 is 30.6. The molecular formula is C9H11N5O3S. The van der Waals surface area contributed by atoms with Crippen molar-refractivity contribution in [2.45, 2.75) is 11.4 Å². The van der Waals surface area contributed by atoms with E-state index in [1.165, 1.54) is 12.1 Å². The average molecular weight is 269 g/mol. The average Bonchev–Trinajstić information content (AvgIpc) is 2.90. The highest BCUT2D eigenvalue weighted by atomic mass is 32.2. The van der Waals surface area contributed by atoms with Crippen molar-refractivity contribution >= 4 is 15.7 Å². The van der Waals surface area contributed by atoms with E-state index in [0.29, 0.717) is 5.69 Å². The first-order chi connectivity index (χ1) is 8.62. The molecule has 0 radical (unpaired) electrons. The van der Waals surface area contributed by atoms with Crippen LogP contribution < -0.4 is 16.0 Å². The zero-order valence-electron chi connectivity index (χ0n) is 9.20. The van der Waals surface area contributed by atoms with Gasteiger partial charge in [-0.25, -0.2) is 13.1 Å². The van der Waals surface area contributed by atoms with Gasteiger partial charge in [0, 0.05) is 5.69 Å². The number of nitrogens with two attached hydrogens (primary N) is 1. The SMILES string of the molecule is NNc1ccc(S(=O)(=O)NCc2ncon2)cc1. The third-order valence-corrected chi connectivity index (χ3v) is 3.58. The van der Waals surface area contributed by atoms with E-state index in [0.717, 1.165) is 6.39 Å². The van der Waals surface area contributed by atoms with Gasteiger partial charge in [-0.2, -0.15) is 4.98 Å². The number of hydrogen-bond donors (Lipinski definition) is 3. The number of hydrogen-bond acceptors (Lipinski definition) is 7. The molecule has 0 saturated carbocycles. The summed E-state index contributed by atoms with van der Waals surface area (Å²) in [5, 5.41) is 3.50. The van der Waals surface area contributed by atoms with E-state index < -0.39 is 10.0 Å².